The minimum atomic E-state index is -4.54. The highest BCUT2D eigenvalue weighted by molar-refractivity contribution is 6.33. The Morgan fingerprint density at radius 1 is 1.26 bits per heavy atom. The van der Waals surface area contributed by atoms with Gasteiger partial charge in [0.05, 0.1) is 18.8 Å². The van der Waals surface area contributed by atoms with E-state index in [4.69, 9.17) is 16.3 Å². The summed E-state index contributed by atoms with van der Waals surface area (Å²) in [5, 5.41) is 2.44. The van der Waals surface area contributed by atoms with E-state index in [1.165, 1.54) is 29.7 Å². The van der Waals surface area contributed by atoms with Gasteiger partial charge >= 0.3 is 6.18 Å². The number of pyridine rings is 1. The third kappa shape index (κ3) is 6.40. The molecule has 11 heteroatoms. The Hall–Kier alpha value is -3.37. The lowest BCUT2D eigenvalue weighted by molar-refractivity contribution is -0.137. The molecule has 1 aromatic carbocycles. The van der Waals surface area contributed by atoms with Crippen LogP contribution < -0.4 is 15.8 Å². The second-order valence-electron chi connectivity index (χ2n) is 7.85. The predicted molar refractivity (Wildman–Crippen MR) is 131 cm³/mol. The van der Waals surface area contributed by atoms with Crippen LogP contribution in [0.1, 0.15) is 18.1 Å². The first-order chi connectivity index (χ1) is 16.5. The fraction of sp³-hybridized carbons (Fsp3) is 0.292. The van der Waals surface area contributed by atoms with Crippen molar-refractivity contribution in [3.8, 4) is 0 Å². The average Bonchev–Trinajstić information content (AvgIpc) is 2.83. The van der Waals surface area contributed by atoms with E-state index in [1.54, 1.807) is 19.3 Å². The number of anilines is 2. The van der Waals surface area contributed by atoms with Crippen molar-refractivity contribution in [3.63, 3.8) is 0 Å². The summed E-state index contributed by atoms with van der Waals surface area (Å²) in [7, 11) is 1.60. The molecule has 1 fully saturated rings. The number of nitrogens with one attached hydrogen (secondary N) is 1. The van der Waals surface area contributed by atoms with Crippen LogP contribution in [0.15, 0.2) is 63.1 Å². The quantitative estimate of drug-likeness (QED) is 0.271. The van der Waals surface area contributed by atoms with Crippen molar-refractivity contribution in [1.29, 1.82) is 0 Å². The Kier molecular flexibility index (Phi) is 8.18. The summed E-state index contributed by atoms with van der Waals surface area (Å²) in [6.07, 6.45) is -1.53. The summed E-state index contributed by atoms with van der Waals surface area (Å²) in [5.41, 5.74) is 0.339. The van der Waals surface area contributed by atoms with Crippen molar-refractivity contribution in [2.75, 3.05) is 36.5 Å². The molecule has 1 aliphatic heterocycles. The van der Waals surface area contributed by atoms with Crippen molar-refractivity contribution in [1.82, 2.24) is 4.57 Å². The molecule has 1 N–H and O–H groups in total. The minimum Gasteiger partial charge on any atom is -0.378 e. The van der Waals surface area contributed by atoms with Crippen molar-refractivity contribution < 1.29 is 22.7 Å². The summed E-state index contributed by atoms with van der Waals surface area (Å²) in [6.45, 7) is 6.98. The van der Waals surface area contributed by atoms with Gasteiger partial charge in [-0.3, -0.25) is 14.6 Å². The average molecular weight is 509 g/mol. The summed E-state index contributed by atoms with van der Waals surface area (Å²) >= 11 is 6.30. The van der Waals surface area contributed by atoms with Crippen molar-refractivity contribution in [2.24, 2.45) is 12.0 Å². The highest BCUT2D eigenvalue weighted by Crippen LogP contribution is 2.31. The predicted octanol–water partition coefficient (Wildman–Crippen LogP) is 4.43. The number of ether oxygens (including phenoxy) is 1. The first-order valence-corrected chi connectivity index (χ1v) is 11.0. The Morgan fingerprint density at radius 3 is 2.57 bits per heavy atom. The molecular weight excluding hydrogens is 485 g/mol. The zero-order valence-corrected chi connectivity index (χ0v) is 19.9. The SMILES string of the molecule is C=N/C(Cl)=C(\C=C(/C)C(=O)Nc1cccc(C(F)(F)F)c1)c1cc(N2CCOCC2)c(=O)n(C)c1. The molecule has 186 valence electrons. The topological polar surface area (TPSA) is 75.9 Å². The van der Waals surface area contributed by atoms with E-state index in [-0.39, 0.29) is 22.0 Å². The molecule has 0 unspecified atom stereocenters. The Morgan fingerprint density at radius 2 is 1.94 bits per heavy atom. The van der Waals surface area contributed by atoms with E-state index < -0.39 is 17.6 Å². The first kappa shape index (κ1) is 26.2. The van der Waals surface area contributed by atoms with Crippen LogP contribution in [0.2, 0.25) is 0 Å². The van der Waals surface area contributed by atoms with Gasteiger partial charge in [0, 0.05) is 48.7 Å². The number of carbonyl (C=O) groups is 1. The van der Waals surface area contributed by atoms with Gasteiger partial charge in [-0.1, -0.05) is 17.7 Å². The number of hydrogen-bond donors (Lipinski definition) is 1. The third-order valence-electron chi connectivity index (χ3n) is 5.36. The van der Waals surface area contributed by atoms with E-state index in [1.807, 2.05) is 4.90 Å². The van der Waals surface area contributed by atoms with Gasteiger partial charge in [0.15, 0.2) is 0 Å². The molecule has 0 radical (unpaired) electrons. The number of morpholine rings is 1. The van der Waals surface area contributed by atoms with Crippen LogP contribution in [0.5, 0.6) is 0 Å². The van der Waals surface area contributed by atoms with Gasteiger partial charge in [0.1, 0.15) is 10.8 Å². The van der Waals surface area contributed by atoms with Crippen LogP contribution in [-0.4, -0.2) is 43.5 Å². The smallest absolute Gasteiger partial charge is 0.378 e. The Balaban J connectivity index is 1.96. The highest BCUT2D eigenvalue weighted by atomic mass is 35.5. The third-order valence-corrected chi connectivity index (χ3v) is 5.68. The first-order valence-electron chi connectivity index (χ1n) is 10.6. The van der Waals surface area contributed by atoms with E-state index in [0.717, 1.165) is 12.1 Å². The molecule has 0 spiro atoms. The standard InChI is InChI=1S/C24H24ClF3N4O3/c1-15(22(33)30-18-6-4-5-17(13-18)24(26,27)28)11-19(21(25)29-2)16-12-20(23(34)31(3)14-16)32-7-9-35-10-8-32/h4-6,11-14H,2,7-10H2,1,3H3,(H,30,33)/b15-11+,21-19+. The number of allylic oxidation sites excluding steroid dienone is 2. The number of alkyl halides is 3. The molecule has 2 aromatic rings. The normalized spacial score (nSPS) is 15.5. The molecule has 0 bridgehead atoms. The van der Waals surface area contributed by atoms with Gasteiger partial charge in [0.2, 0.25) is 0 Å². The molecule has 1 amide bonds. The van der Waals surface area contributed by atoms with Gasteiger partial charge in [-0.05, 0) is 44.0 Å². The highest BCUT2D eigenvalue weighted by Gasteiger charge is 2.30. The second-order valence-corrected chi connectivity index (χ2v) is 8.21. The molecular formula is C24H24ClF3N4O3. The lowest BCUT2D eigenvalue weighted by atomic mass is 10.0. The minimum absolute atomic E-state index is 0.00670. The van der Waals surface area contributed by atoms with Crippen LogP contribution in [0, 0.1) is 0 Å². The fourth-order valence-electron chi connectivity index (χ4n) is 3.50. The number of rotatable bonds is 6. The van der Waals surface area contributed by atoms with Crippen LogP contribution in [0.4, 0.5) is 24.5 Å². The monoisotopic (exact) mass is 508 g/mol. The van der Waals surface area contributed by atoms with Crippen molar-refractivity contribution in [3.05, 3.63) is 74.8 Å². The molecule has 1 aliphatic rings. The largest absolute Gasteiger partial charge is 0.416 e. The van der Waals surface area contributed by atoms with E-state index >= 15 is 0 Å². The molecule has 2 heterocycles. The van der Waals surface area contributed by atoms with Gasteiger partial charge < -0.3 is 19.5 Å². The zero-order valence-electron chi connectivity index (χ0n) is 19.2. The maximum atomic E-state index is 13.0. The molecule has 3 rings (SSSR count). The number of carbonyl (C=O) groups excluding carboxylic acids is 1. The molecule has 0 atom stereocenters. The summed E-state index contributed by atoms with van der Waals surface area (Å²) < 4.78 is 45.7. The molecule has 1 saturated heterocycles. The van der Waals surface area contributed by atoms with E-state index in [2.05, 4.69) is 17.0 Å². The molecule has 0 saturated carbocycles. The number of amides is 1. The molecule has 7 nitrogen and oxygen atoms in total. The number of hydrogen-bond acceptors (Lipinski definition) is 5. The fourth-order valence-corrected chi connectivity index (χ4v) is 3.67. The van der Waals surface area contributed by atoms with E-state index in [9.17, 15) is 22.8 Å². The van der Waals surface area contributed by atoms with Gasteiger partial charge in [-0.15, -0.1) is 0 Å². The Bertz CT molecular complexity index is 1250. The Labute approximate surface area is 205 Å². The number of aryl methyl sites for hydroxylation is 1. The molecule has 35 heavy (non-hydrogen) atoms. The van der Waals surface area contributed by atoms with Crippen LogP contribution in [0.25, 0.3) is 5.57 Å². The van der Waals surface area contributed by atoms with Crippen LogP contribution in [0.3, 0.4) is 0 Å². The molecule has 0 aliphatic carbocycles. The summed E-state index contributed by atoms with van der Waals surface area (Å²) in [5.74, 6) is -0.631. The van der Waals surface area contributed by atoms with Crippen LogP contribution >= 0.6 is 11.6 Å². The lowest BCUT2D eigenvalue weighted by Gasteiger charge is -2.28. The van der Waals surface area contributed by atoms with Crippen LogP contribution in [-0.2, 0) is 22.8 Å². The molecule has 1 aromatic heterocycles. The zero-order chi connectivity index (χ0) is 25.8. The maximum absolute atomic E-state index is 13.0. The second kappa shape index (κ2) is 10.9. The summed E-state index contributed by atoms with van der Waals surface area (Å²) in [6, 6.07) is 5.99. The number of aromatic nitrogens is 1. The van der Waals surface area contributed by atoms with Gasteiger partial charge in [-0.2, -0.15) is 13.2 Å². The van der Waals surface area contributed by atoms with Gasteiger partial charge in [0.25, 0.3) is 11.5 Å². The van der Waals surface area contributed by atoms with Crippen molar-refractivity contribution in [2.45, 2.75) is 13.1 Å². The number of nitrogens with zero attached hydrogens (tertiary/aromatic N) is 3. The van der Waals surface area contributed by atoms with Gasteiger partial charge in [-0.25, -0.2) is 0 Å². The summed E-state index contributed by atoms with van der Waals surface area (Å²) in [4.78, 5) is 31.2. The number of aliphatic imine (C=N–C) groups is 1. The lowest BCUT2D eigenvalue weighted by Crippen LogP contribution is -2.40. The maximum Gasteiger partial charge on any atom is 0.416 e. The van der Waals surface area contributed by atoms with E-state index in [0.29, 0.717) is 43.1 Å². The van der Waals surface area contributed by atoms with Crippen molar-refractivity contribution >= 4 is 41.2 Å². The number of halogens is 4. The number of benzene rings is 1.